The van der Waals surface area contributed by atoms with Crippen molar-refractivity contribution >= 4 is 101 Å². The van der Waals surface area contributed by atoms with Gasteiger partial charge in [0.25, 0.3) is 0 Å². The summed E-state index contributed by atoms with van der Waals surface area (Å²) in [4.78, 5) is 36.4. The predicted molar refractivity (Wildman–Crippen MR) is 275 cm³/mol. The van der Waals surface area contributed by atoms with Gasteiger partial charge in [-0.1, -0.05) is 61.7 Å². The Morgan fingerprint density at radius 1 is 0.844 bits per heavy atom. The summed E-state index contributed by atoms with van der Waals surface area (Å²) in [5, 5.41) is 7.46. The second-order valence-corrected chi connectivity index (χ2v) is 16.8. The zero-order chi connectivity index (χ0) is 45.8. The van der Waals surface area contributed by atoms with E-state index in [-0.39, 0.29) is 56.8 Å². The number of halogens is 3. The molecule has 12 nitrogen and oxygen atoms in total. The molecule has 4 aromatic carbocycles. The van der Waals surface area contributed by atoms with Gasteiger partial charge >= 0.3 is 0 Å². The van der Waals surface area contributed by atoms with E-state index in [0.29, 0.717) is 45.3 Å². The highest BCUT2D eigenvalue weighted by molar-refractivity contribution is 8.13. The third-order valence-corrected chi connectivity index (χ3v) is 10.3. The molecule has 1 atom stereocenters. The van der Waals surface area contributed by atoms with Crippen molar-refractivity contribution in [3.05, 3.63) is 124 Å². The third kappa shape index (κ3) is 20.4. The summed E-state index contributed by atoms with van der Waals surface area (Å²) in [7, 11) is 8.01. The van der Waals surface area contributed by atoms with Gasteiger partial charge in [0, 0.05) is 35.6 Å². The highest BCUT2D eigenvalue weighted by atomic mass is 35.5. The fourth-order valence-electron chi connectivity index (χ4n) is 4.77. The Labute approximate surface area is 398 Å². The Morgan fingerprint density at radius 3 is 1.80 bits per heavy atom. The van der Waals surface area contributed by atoms with Gasteiger partial charge in [-0.3, -0.25) is 9.59 Å². The van der Waals surface area contributed by atoms with Crippen molar-refractivity contribution in [3.8, 4) is 11.5 Å². The lowest BCUT2D eigenvalue weighted by Gasteiger charge is -2.11. The number of thiazole rings is 1. The number of nitrogens with zero attached hydrogens (tertiary/aromatic N) is 4. The molecule has 0 aliphatic heterocycles. The summed E-state index contributed by atoms with van der Waals surface area (Å²) in [5.41, 5.74) is 14.9. The Kier molecular flexibility index (Phi) is 26.5. The number of benzene rings is 4. The minimum absolute atomic E-state index is 0. The van der Waals surface area contributed by atoms with E-state index >= 15 is 0 Å². The summed E-state index contributed by atoms with van der Waals surface area (Å²) >= 11 is 13.0. The number of thiocarbonyl (C=S) groups is 1. The number of hydrogen-bond acceptors (Lipinski definition) is 12. The molecule has 0 aliphatic carbocycles. The fraction of sp³-hybridized carbons (Fsp3) is 0.311. The van der Waals surface area contributed by atoms with E-state index in [1.54, 1.807) is 38.1 Å². The molecule has 0 aliphatic rings. The quantitative estimate of drug-likeness (QED) is 0.0185. The number of likely N-dealkylation sites (N-methyl/N-ethyl adjacent to an activating group) is 2. The Balaban J connectivity index is 0.000000514. The molecular formula is C45H60ClF2N8O4PS3. The molecule has 0 fully saturated rings. The number of aryl methyl sites for hydroxylation is 2. The predicted octanol–water partition coefficient (Wildman–Crippen LogP) is 9.73. The molecule has 5 aromatic rings. The van der Waals surface area contributed by atoms with Crippen LogP contribution in [0.5, 0.6) is 11.5 Å². The van der Waals surface area contributed by atoms with Crippen molar-refractivity contribution < 1.29 is 27.8 Å². The molecule has 0 bridgehead atoms. The topological polar surface area (TPSA) is 160 Å². The van der Waals surface area contributed by atoms with Crippen LogP contribution in [0.15, 0.2) is 89.9 Å². The number of rotatable bonds is 16. The SMILES string of the molecule is C.CCSC(N)=NC(=S)Nc1ccc(OCCN(C)C)cc1.Cc1ccc(C(=O)CCl)cc1F.Cc1ccc(C(=O)c2sc(Nc3ccc(OCCN(C)C)cc3)nc2N)cc1F.P. The van der Waals surface area contributed by atoms with Crippen molar-refractivity contribution in [1.82, 2.24) is 14.8 Å². The molecule has 1 unspecified atom stereocenters. The number of Topliss-reactive ketones (excluding diaryl/α,β-unsaturated/α-hetero) is 1. The van der Waals surface area contributed by atoms with Crippen molar-refractivity contribution in [2.75, 3.05) is 82.5 Å². The minimum Gasteiger partial charge on any atom is -0.492 e. The molecule has 1 aromatic heterocycles. The molecule has 6 N–H and O–H groups in total. The van der Waals surface area contributed by atoms with Crippen LogP contribution in [0, 0.1) is 25.5 Å². The number of anilines is 4. The molecule has 64 heavy (non-hydrogen) atoms. The van der Waals surface area contributed by atoms with Crippen LogP contribution in [0.25, 0.3) is 0 Å². The standard InChI is InChI=1S/C21H23FN4O2S.C14H22N4OS2.C9H8ClFO.CH4.H3P/c1-13-4-5-14(12-17(13)22)18(27)19-20(23)25-21(29-19)24-15-6-8-16(9-7-15)28-11-10-26(2)3;1-4-21-13(15)17-14(20)16-11-5-7-12(8-6-11)19-10-9-18(2)3;1-6-2-3-7(4-8(6)11)9(12)5-10;;/h4-9,12H,10-11,23H2,1-3H3,(H,24,25);5-8H,4,9-10H2,1-3H3,(H3,15,16,17,20);2-4H,5H2,1H3;1H4;1H3. The van der Waals surface area contributed by atoms with Crippen molar-refractivity contribution in [2.24, 2.45) is 10.7 Å². The summed E-state index contributed by atoms with van der Waals surface area (Å²) in [6.45, 7) is 8.28. The van der Waals surface area contributed by atoms with Crippen molar-refractivity contribution in [2.45, 2.75) is 28.2 Å². The van der Waals surface area contributed by atoms with Crippen molar-refractivity contribution in [1.29, 1.82) is 0 Å². The first-order valence-corrected chi connectivity index (χ1v) is 22.0. The molecule has 0 amide bonds. The van der Waals surface area contributed by atoms with Gasteiger partial charge in [-0.25, -0.2) is 13.8 Å². The van der Waals surface area contributed by atoms with Crippen LogP contribution in [0.4, 0.5) is 31.1 Å². The maximum absolute atomic E-state index is 13.8. The molecule has 348 valence electrons. The normalized spacial score (nSPS) is 10.6. The number of ether oxygens (including phenoxy) is 2. The van der Waals surface area contributed by atoms with Gasteiger partial charge in [-0.05, 0) is 132 Å². The number of nitrogen functional groups attached to an aromatic ring is 1. The Morgan fingerprint density at radius 2 is 1.33 bits per heavy atom. The largest absolute Gasteiger partial charge is 0.492 e. The molecule has 0 radical (unpaired) electrons. The summed E-state index contributed by atoms with van der Waals surface area (Å²) < 4.78 is 37.9. The first-order valence-electron chi connectivity index (χ1n) is 19.2. The molecule has 1 heterocycles. The molecule has 0 saturated carbocycles. The average molecular weight is 978 g/mol. The van der Waals surface area contributed by atoms with Gasteiger partial charge in [0.05, 0.1) is 5.88 Å². The second kappa shape index (κ2) is 29.7. The van der Waals surface area contributed by atoms with Gasteiger partial charge in [0.1, 0.15) is 47.0 Å². The van der Waals surface area contributed by atoms with Crippen LogP contribution in [0.3, 0.4) is 0 Å². The monoisotopic (exact) mass is 976 g/mol. The highest BCUT2D eigenvalue weighted by Crippen LogP contribution is 2.30. The number of hydrogen-bond donors (Lipinski definition) is 4. The number of nitrogens with one attached hydrogen (secondary N) is 2. The van der Waals surface area contributed by atoms with E-state index in [0.717, 1.165) is 53.1 Å². The van der Waals surface area contributed by atoms with Crippen LogP contribution in [-0.2, 0) is 0 Å². The second-order valence-electron chi connectivity index (χ2n) is 13.8. The summed E-state index contributed by atoms with van der Waals surface area (Å²) in [5.74, 6) is 1.08. The van der Waals surface area contributed by atoms with E-state index in [1.807, 2.05) is 88.5 Å². The van der Waals surface area contributed by atoms with E-state index < -0.39 is 5.82 Å². The lowest BCUT2D eigenvalue weighted by Crippen LogP contribution is -2.19. The lowest BCUT2D eigenvalue weighted by molar-refractivity contribution is 0.101. The average Bonchev–Trinajstić information content (AvgIpc) is 3.60. The zero-order valence-corrected chi connectivity index (χ0v) is 41.1. The Hall–Kier alpha value is -4.74. The number of amidine groups is 1. The van der Waals surface area contributed by atoms with Crippen LogP contribution < -0.4 is 31.6 Å². The fourth-order valence-corrected chi connectivity index (χ4v) is 6.52. The zero-order valence-electron chi connectivity index (χ0n) is 36.5. The molecule has 19 heteroatoms. The first kappa shape index (κ1) is 57.3. The van der Waals surface area contributed by atoms with Gasteiger partial charge < -0.3 is 41.4 Å². The Bertz CT molecular complexity index is 2270. The summed E-state index contributed by atoms with van der Waals surface area (Å²) in [6, 6.07) is 23.8. The number of carbonyl (C=O) groups excluding carboxylic acids is 2. The van der Waals surface area contributed by atoms with E-state index in [1.165, 1.54) is 23.9 Å². The molecule has 0 spiro atoms. The van der Waals surface area contributed by atoms with E-state index in [4.69, 9.17) is 44.8 Å². The third-order valence-electron chi connectivity index (χ3n) is 8.24. The van der Waals surface area contributed by atoms with Crippen LogP contribution >= 0.6 is 56.8 Å². The number of alkyl halides is 1. The summed E-state index contributed by atoms with van der Waals surface area (Å²) in [6.07, 6.45) is 0. The maximum atomic E-state index is 13.8. The number of ketones is 2. The number of nitrogens with two attached hydrogens (primary N) is 2. The minimum atomic E-state index is -0.426. The van der Waals surface area contributed by atoms with E-state index in [9.17, 15) is 18.4 Å². The molecule has 5 rings (SSSR count). The highest BCUT2D eigenvalue weighted by Gasteiger charge is 2.19. The molecule has 0 saturated heterocycles. The lowest BCUT2D eigenvalue weighted by atomic mass is 10.1. The number of aromatic nitrogens is 1. The van der Waals surface area contributed by atoms with E-state index in [2.05, 4.69) is 25.5 Å². The smallest absolute Gasteiger partial charge is 0.206 e. The first-order chi connectivity index (χ1) is 29.5. The van der Waals surface area contributed by atoms with Gasteiger partial charge in [0.15, 0.2) is 21.2 Å². The maximum Gasteiger partial charge on any atom is 0.206 e. The number of carbonyl (C=O) groups is 2. The van der Waals surface area contributed by atoms with Gasteiger partial charge in [0.2, 0.25) is 5.78 Å². The van der Waals surface area contributed by atoms with Crippen molar-refractivity contribution in [3.63, 3.8) is 0 Å². The van der Waals surface area contributed by atoms with Gasteiger partial charge in [-0.15, -0.1) is 11.6 Å². The van der Waals surface area contributed by atoms with Gasteiger partial charge in [-0.2, -0.15) is 14.9 Å². The number of thioether (sulfide) groups is 1. The van der Waals surface area contributed by atoms with Crippen LogP contribution in [0.2, 0.25) is 0 Å². The van der Waals surface area contributed by atoms with Crippen LogP contribution in [0.1, 0.15) is 51.1 Å². The number of aliphatic imine (C=N–C) groups is 1. The van der Waals surface area contributed by atoms with Crippen LogP contribution in [-0.4, -0.2) is 103 Å². The molecular weight excluding hydrogens is 917 g/mol.